The third-order valence-electron chi connectivity index (χ3n) is 1.85. The standard InChI is InChI=1S/C10H13FN2O/c11-9-5-3-8(4-6-9)2-1-7-13-10(12)14/h3-6H,1-2,7H2,(H3,12,13,14). The van der Waals surface area contributed by atoms with Gasteiger partial charge in [0.1, 0.15) is 5.82 Å². The van der Waals surface area contributed by atoms with Crippen LogP contribution in [0.15, 0.2) is 24.3 Å². The monoisotopic (exact) mass is 196 g/mol. The molecule has 0 saturated carbocycles. The lowest BCUT2D eigenvalue weighted by atomic mass is 10.1. The minimum atomic E-state index is -0.510. The van der Waals surface area contributed by atoms with Gasteiger partial charge in [0.25, 0.3) is 0 Å². The van der Waals surface area contributed by atoms with Crippen molar-refractivity contribution in [1.29, 1.82) is 0 Å². The molecule has 1 aromatic rings. The molecule has 76 valence electrons. The van der Waals surface area contributed by atoms with Gasteiger partial charge in [-0.3, -0.25) is 0 Å². The normalized spacial score (nSPS) is 9.79. The highest BCUT2D eigenvalue weighted by Gasteiger charge is 1.95. The fourth-order valence-corrected chi connectivity index (χ4v) is 1.16. The number of rotatable bonds is 4. The third kappa shape index (κ3) is 3.89. The maximum absolute atomic E-state index is 12.5. The summed E-state index contributed by atoms with van der Waals surface area (Å²) in [5.41, 5.74) is 5.95. The largest absolute Gasteiger partial charge is 0.352 e. The lowest BCUT2D eigenvalue weighted by Gasteiger charge is -2.02. The maximum Gasteiger partial charge on any atom is 0.312 e. The molecule has 0 aromatic heterocycles. The summed E-state index contributed by atoms with van der Waals surface area (Å²) in [4.78, 5) is 10.3. The molecule has 0 heterocycles. The minimum Gasteiger partial charge on any atom is -0.352 e. The molecule has 0 fully saturated rings. The van der Waals surface area contributed by atoms with Crippen LogP contribution >= 0.6 is 0 Å². The highest BCUT2D eigenvalue weighted by Crippen LogP contribution is 2.04. The Labute approximate surface area is 82.1 Å². The zero-order valence-corrected chi connectivity index (χ0v) is 7.79. The summed E-state index contributed by atoms with van der Waals surface area (Å²) >= 11 is 0. The summed E-state index contributed by atoms with van der Waals surface area (Å²) in [7, 11) is 0. The molecule has 0 aliphatic heterocycles. The molecule has 0 bridgehead atoms. The molecule has 14 heavy (non-hydrogen) atoms. The first-order chi connectivity index (χ1) is 6.68. The Balaban J connectivity index is 2.25. The van der Waals surface area contributed by atoms with E-state index in [4.69, 9.17) is 5.73 Å². The Hall–Kier alpha value is -1.58. The summed E-state index contributed by atoms with van der Waals surface area (Å²) in [5, 5.41) is 2.49. The van der Waals surface area contributed by atoms with Gasteiger partial charge in [0, 0.05) is 6.54 Å². The van der Waals surface area contributed by atoms with Crippen LogP contribution in [0.3, 0.4) is 0 Å². The number of benzene rings is 1. The number of hydrogen-bond donors (Lipinski definition) is 2. The van der Waals surface area contributed by atoms with Crippen LogP contribution in [0, 0.1) is 5.82 Å². The van der Waals surface area contributed by atoms with Crippen molar-refractivity contribution in [3.8, 4) is 0 Å². The Bertz CT molecular complexity index is 297. The van der Waals surface area contributed by atoms with Crippen LogP contribution < -0.4 is 11.1 Å². The van der Waals surface area contributed by atoms with Gasteiger partial charge in [-0.25, -0.2) is 9.18 Å². The fourth-order valence-electron chi connectivity index (χ4n) is 1.16. The average molecular weight is 196 g/mol. The molecule has 2 amide bonds. The Morgan fingerprint density at radius 3 is 2.57 bits per heavy atom. The van der Waals surface area contributed by atoms with Crippen molar-refractivity contribution in [3.63, 3.8) is 0 Å². The average Bonchev–Trinajstić information content (AvgIpc) is 2.15. The fraction of sp³-hybridized carbons (Fsp3) is 0.300. The van der Waals surface area contributed by atoms with Crippen LogP contribution in [0.2, 0.25) is 0 Å². The second-order valence-corrected chi connectivity index (χ2v) is 3.02. The summed E-state index contributed by atoms with van der Waals surface area (Å²) < 4.78 is 12.5. The van der Waals surface area contributed by atoms with Crippen molar-refractivity contribution in [2.45, 2.75) is 12.8 Å². The van der Waals surface area contributed by atoms with Crippen molar-refractivity contribution in [2.24, 2.45) is 5.73 Å². The van der Waals surface area contributed by atoms with E-state index in [0.717, 1.165) is 18.4 Å². The van der Waals surface area contributed by atoms with E-state index in [9.17, 15) is 9.18 Å². The van der Waals surface area contributed by atoms with Gasteiger partial charge in [0.15, 0.2) is 0 Å². The van der Waals surface area contributed by atoms with E-state index in [1.807, 2.05) is 0 Å². The van der Waals surface area contributed by atoms with Crippen LogP contribution in [-0.4, -0.2) is 12.6 Å². The number of amides is 2. The summed E-state index contributed by atoms with van der Waals surface area (Å²) in [6.45, 7) is 0.548. The minimum absolute atomic E-state index is 0.232. The molecule has 1 rings (SSSR count). The zero-order valence-electron chi connectivity index (χ0n) is 7.79. The Morgan fingerprint density at radius 2 is 2.00 bits per heavy atom. The predicted octanol–water partition coefficient (Wildman–Crippen LogP) is 1.43. The van der Waals surface area contributed by atoms with Crippen molar-refractivity contribution >= 4 is 6.03 Å². The van der Waals surface area contributed by atoms with E-state index in [-0.39, 0.29) is 5.82 Å². The molecule has 3 N–H and O–H groups in total. The van der Waals surface area contributed by atoms with Gasteiger partial charge < -0.3 is 11.1 Å². The quantitative estimate of drug-likeness (QED) is 0.703. The number of urea groups is 1. The van der Waals surface area contributed by atoms with Gasteiger partial charge in [-0.1, -0.05) is 12.1 Å². The van der Waals surface area contributed by atoms with Gasteiger partial charge in [-0.05, 0) is 30.5 Å². The molecule has 0 aliphatic rings. The number of carbonyl (C=O) groups excluding carboxylic acids is 1. The molecule has 0 saturated heterocycles. The lowest BCUT2D eigenvalue weighted by molar-refractivity contribution is 0.249. The highest BCUT2D eigenvalue weighted by atomic mass is 19.1. The molecule has 0 aliphatic carbocycles. The molecule has 0 unspecified atom stereocenters. The molecule has 3 nitrogen and oxygen atoms in total. The van der Waals surface area contributed by atoms with Gasteiger partial charge in [-0.2, -0.15) is 0 Å². The predicted molar refractivity (Wildman–Crippen MR) is 52.3 cm³/mol. The van der Waals surface area contributed by atoms with Crippen molar-refractivity contribution < 1.29 is 9.18 Å². The second kappa shape index (κ2) is 5.21. The number of primary amides is 1. The van der Waals surface area contributed by atoms with Crippen LogP contribution in [-0.2, 0) is 6.42 Å². The summed E-state index contributed by atoms with van der Waals surface area (Å²) in [5.74, 6) is -0.232. The lowest BCUT2D eigenvalue weighted by Crippen LogP contribution is -2.30. The molecule has 4 heteroatoms. The topological polar surface area (TPSA) is 55.1 Å². The van der Waals surface area contributed by atoms with Gasteiger partial charge in [-0.15, -0.1) is 0 Å². The van der Waals surface area contributed by atoms with E-state index in [1.165, 1.54) is 12.1 Å². The number of aryl methyl sites for hydroxylation is 1. The summed E-state index contributed by atoms with van der Waals surface area (Å²) in [6, 6.07) is 5.82. The molecular weight excluding hydrogens is 183 g/mol. The van der Waals surface area contributed by atoms with E-state index in [0.29, 0.717) is 6.54 Å². The molecule has 0 atom stereocenters. The first kappa shape index (κ1) is 10.5. The van der Waals surface area contributed by atoms with E-state index >= 15 is 0 Å². The van der Waals surface area contributed by atoms with Crippen LogP contribution in [0.25, 0.3) is 0 Å². The first-order valence-electron chi connectivity index (χ1n) is 4.46. The number of nitrogens with one attached hydrogen (secondary N) is 1. The van der Waals surface area contributed by atoms with Gasteiger partial charge in [0.05, 0.1) is 0 Å². The Kier molecular flexibility index (Phi) is 3.91. The number of hydrogen-bond acceptors (Lipinski definition) is 1. The number of halogens is 1. The van der Waals surface area contributed by atoms with Crippen molar-refractivity contribution in [1.82, 2.24) is 5.32 Å². The number of nitrogens with two attached hydrogens (primary N) is 1. The molecule has 0 radical (unpaired) electrons. The molecule has 1 aromatic carbocycles. The second-order valence-electron chi connectivity index (χ2n) is 3.02. The Morgan fingerprint density at radius 1 is 1.36 bits per heavy atom. The first-order valence-corrected chi connectivity index (χ1v) is 4.46. The van der Waals surface area contributed by atoms with Crippen molar-refractivity contribution in [2.75, 3.05) is 6.54 Å². The van der Waals surface area contributed by atoms with E-state index in [2.05, 4.69) is 5.32 Å². The van der Waals surface area contributed by atoms with Gasteiger partial charge >= 0.3 is 6.03 Å². The maximum atomic E-state index is 12.5. The zero-order chi connectivity index (χ0) is 10.4. The smallest absolute Gasteiger partial charge is 0.312 e. The SMILES string of the molecule is NC(=O)NCCCc1ccc(F)cc1. The molecule has 0 spiro atoms. The highest BCUT2D eigenvalue weighted by molar-refractivity contribution is 5.71. The number of carbonyl (C=O) groups is 1. The van der Waals surface area contributed by atoms with Crippen LogP contribution in [0.4, 0.5) is 9.18 Å². The molecular formula is C10H13FN2O. The van der Waals surface area contributed by atoms with Gasteiger partial charge in [0.2, 0.25) is 0 Å². The van der Waals surface area contributed by atoms with E-state index in [1.54, 1.807) is 12.1 Å². The van der Waals surface area contributed by atoms with E-state index < -0.39 is 6.03 Å². The van der Waals surface area contributed by atoms with Crippen LogP contribution in [0.1, 0.15) is 12.0 Å². The van der Waals surface area contributed by atoms with Crippen LogP contribution in [0.5, 0.6) is 0 Å². The summed E-state index contributed by atoms with van der Waals surface area (Å²) in [6.07, 6.45) is 1.61. The third-order valence-corrected chi connectivity index (χ3v) is 1.85. The van der Waals surface area contributed by atoms with Crippen molar-refractivity contribution in [3.05, 3.63) is 35.6 Å².